The topological polar surface area (TPSA) is 40.5 Å². The van der Waals surface area contributed by atoms with Crippen molar-refractivity contribution in [1.82, 2.24) is 0 Å². The van der Waals surface area contributed by atoms with Gasteiger partial charge in [-0.15, -0.1) is 0 Å². The third kappa shape index (κ3) is 4.88. The zero-order valence-electron chi connectivity index (χ0n) is 22.1. The number of aliphatic hydroxyl groups is 2. The molecule has 3 saturated carbocycles. The van der Waals surface area contributed by atoms with E-state index in [2.05, 4.69) is 40.7 Å². The molecule has 0 bridgehead atoms. The fraction of sp³-hybridized carbons (Fsp3) is 0.933. The maximum Gasteiger partial charge on any atom is 0.0657 e. The monoisotopic (exact) mass is 444 g/mol. The van der Waals surface area contributed by atoms with Crippen LogP contribution >= 0.6 is 0 Å². The predicted octanol–water partition coefficient (Wildman–Crippen LogP) is 7.67. The summed E-state index contributed by atoms with van der Waals surface area (Å²) in [7, 11) is 0. The van der Waals surface area contributed by atoms with Gasteiger partial charge >= 0.3 is 0 Å². The van der Waals surface area contributed by atoms with Gasteiger partial charge in [0, 0.05) is 0 Å². The average molecular weight is 445 g/mol. The van der Waals surface area contributed by atoms with E-state index < -0.39 is 11.2 Å². The minimum absolute atomic E-state index is 0.291. The SMILES string of the molecule is C[C@H](CCC(C)(O)C1CC1)[C@H]1CCC[C@]1(C)CC[C@H]1[C@H](C)CC=C2C[C@@](C)(O)CC[C@@]21C. The second kappa shape index (κ2) is 8.71. The standard InChI is InChI=1S/C30H52O2/c1-21-9-10-24-20-28(4,31)18-19-29(24,5)26(21)14-16-27(3)15-7-8-25(27)22(2)13-17-30(6,32)23-11-12-23/h10,21-23,25-26,31-32H,7-9,11-20H2,1-6H3/t21-,22-,25-,26+,27-,28+,29+,30?/m1/s1. The summed E-state index contributed by atoms with van der Waals surface area (Å²) in [6, 6.07) is 0. The van der Waals surface area contributed by atoms with E-state index in [1.165, 1.54) is 57.8 Å². The van der Waals surface area contributed by atoms with Gasteiger partial charge in [-0.05, 0) is 131 Å². The highest BCUT2D eigenvalue weighted by Crippen LogP contribution is 2.58. The molecule has 0 aliphatic heterocycles. The van der Waals surface area contributed by atoms with Crippen LogP contribution in [-0.4, -0.2) is 21.4 Å². The van der Waals surface area contributed by atoms with Crippen LogP contribution in [0.1, 0.15) is 125 Å². The van der Waals surface area contributed by atoms with Crippen LogP contribution in [0.15, 0.2) is 11.6 Å². The minimum atomic E-state index is -0.504. The minimum Gasteiger partial charge on any atom is -0.390 e. The molecule has 0 radical (unpaired) electrons. The Labute approximate surface area is 198 Å². The second-order valence-corrected chi connectivity index (χ2v) is 14.0. The van der Waals surface area contributed by atoms with E-state index >= 15 is 0 Å². The fourth-order valence-electron chi connectivity index (χ4n) is 8.50. The van der Waals surface area contributed by atoms with Crippen LogP contribution in [0.4, 0.5) is 0 Å². The van der Waals surface area contributed by atoms with Crippen molar-refractivity contribution in [3.63, 3.8) is 0 Å². The molecule has 1 unspecified atom stereocenters. The van der Waals surface area contributed by atoms with Gasteiger partial charge in [-0.25, -0.2) is 0 Å². The molecule has 2 heteroatoms. The van der Waals surface area contributed by atoms with Gasteiger partial charge in [-0.3, -0.25) is 0 Å². The van der Waals surface area contributed by atoms with Crippen LogP contribution in [0.3, 0.4) is 0 Å². The van der Waals surface area contributed by atoms with E-state index in [9.17, 15) is 10.2 Å². The van der Waals surface area contributed by atoms with Crippen LogP contribution in [-0.2, 0) is 0 Å². The Balaban J connectivity index is 1.39. The number of allylic oxidation sites excluding steroid dienone is 1. The molecule has 32 heavy (non-hydrogen) atoms. The Kier molecular flexibility index (Phi) is 6.74. The van der Waals surface area contributed by atoms with Gasteiger partial charge in [0.15, 0.2) is 0 Å². The maximum atomic E-state index is 10.8. The van der Waals surface area contributed by atoms with Crippen molar-refractivity contribution in [2.45, 2.75) is 136 Å². The highest BCUT2D eigenvalue weighted by Gasteiger charge is 2.49. The van der Waals surface area contributed by atoms with E-state index in [1.54, 1.807) is 5.57 Å². The van der Waals surface area contributed by atoms with Gasteiger partial charge in [0.25, 0.3) is 0 Å². The van der Waals surface area contributed by atoms with Crippen molar-refractivity contribution < 1.29 is 10.2 Å². The van der Waals surface area contributed by atoms with Gasteiger partial charge in [-0.1, -0.05) is 45.8 Å². The molecule has 0 spiro atoms. The summed E-state index contributed by atoms with van der Waals surface area (Å²) in [6.07, 6.45) is 18.1. The molecule has 4 aliphatic carbocycles. The molecule has 4 rings (SSSR count). The molecule has 0 aromatic rings. The van der Waals surface area contributed by atoms with Gasteiger partial charge in [-0.2, -0.15) is 0 Å². The number of fused-ring (bicyclic) bond motifs is 1. The Hall–Kier alpha value is -0.340. The molecular formula is C30H52O2. The lowest BCUT2D eigenvalue weighted by molar-refractivity contribution is -0.0170. The highest BCUT2D eigenvalue weighted by atomic mass is 16.3. The summed E-state index contributed by atoms with van der Waals surface area (Å²) in [5, 5.41) is 21.5. The Bertz CT molecular complexity index is 702. The molecule has 0 heterocycles. The molecule has 0 saturated heterocycles. The molecule has 184 valence electrons. The molecule has 8 atom stereocenters. The summed E-state index contributed by atoms with van der Waals surface area (Å²) in [6.45, 7) is 14.2. The van der Waals surface area contributed by atoms with Crippen LogP contribution < -0.4 is 0 Å². The first-order valence-electron chi connectivity index (χ1n) is 14.0. The summed E-state index contributed by atoms with van der Waals surface area (Å²) in [5.41, 5.74) is 1.37. The van der Waals surface area contributed by atoms with E-state index in [-0.39, 0.29) is 0 Å². The summed E-state index contributed by atoms with van der Waals surface area (Å²) in [5.74, 6) is 3.60. The first-order valence-corrected chi connectivity index (χ1v) is 14.0. The molecule has 2 N–H and O–H groups in total. The van der Waals surface area contributed by atoms with E-state index in [0.29, 0.717) is 22.7 Å². The third-order valence-corrected chi connectivity index (χ3v) is 11.2. The van der Waals surface area contributed by atoms with Crippen molar-refractivity contribution >= 4 is 0 Å². The van der Waals surface area contributed by atoms with Crippen LogP contribution in [0.2, 0.25) is 0 Å². The molecular weight excluding hydrogens is 392 g/mol. The van der Waals surface area contributed by atoms with Crippen LogP contribution in [0.5, 0.6) is 0 Å². The van der Waals surface area contributed by atoms with Crippen molar-refractivity contribution in [1.29, 1.82) is 0 Å². The van der Waals surface area contributed by atoms with Crippen molar-refractivity contribution in [2.24, 2.45) is 40.4 Å². The second-order valence-electron chi connectivity index (χ2n) is 14.0. The summed E-state index contributed by atoms with van der Waals surface area (Å²) < 4.78 is 0. The molecule has 3 fully saturated rings. The summed E-state index contributed by atoms with van der Waals surface area (Å²) in [4.78, 5) is 0. The van der Waals surface area contributed by atoms with Crippen LogP contribution in [0.25, 0.3) is 0 Å². The highest BCUT2D eigenvalue weighted by molar-refractivity contribution is 5.24. The van der Waals surface area contributed by atoms with Crippen molar-refractivity contribution in [3.05, 3.63) is 11.6 Å². The number of rotatable bonds is 8. The zero-order chi connectivity index (χ0) is 23.4. The Morgan fingerprint density at radius 2 is 1.84 bits per heavy atom. The lowest BCUT2D eigenvalue weighted by Crippen LogP contribution is -2.45. The van der Waals surface area contributed by atoms with E-state index in [4.69, 9.17) is 0 Å². The molecule has 0 aromatic carbocycles. The molecule has 4 aliphatic rings. The zero-order valence-corrected chi connectivity index (χ0v) is 22.1. The average Bonchev–Trinajstić information content (AvgIpc) is 3.50. The first kappa shape index (κ1) is 24.8. The molecule has 0 amide bonds. The Morgan fingerprint density at radius 1 is 1.12 bits per heavy atom. The van der Waals surface area contributed by atoms with E-state index in [1.807, 2.05) is 6.92 Å². The van der Waals surface area contributed by atoms with Crippen molar-refractivity contribution in [2.75, 3.05) is 0 Å². The number of hydrogen-bond donors (Lipinski definition) is 2. The first-order chi connectivity index (χ1) is 14.9. The van der Waals surface area contributed by atoms with Gasteiger partial charge in [0.2, 0.25) is 0 Å². The third-order valence-electron chi connectivity index (χ3n) is 11.2. The maximum absolute atomic E-state index is 10.8. The quantitative estimate of drug-likeness (QED) is 0.377. The fourth-order valence-corrected chi connectivity index (χ4v) is 8.50. The summed E-state index contributed by atoms with van der Waals surface area (Å²) >= 11 is 0. The lowest BCUT2D eigenvalue weighted by atomic mass is 9.53. The normalized spacial score (nSPS) is 45.1. The van der Waals surface area contributed by atoms with E-state index in [0.717, 1.165) is 43.4 Å². The number of hydrogen-bond acceptors (Lipinski definition) is 2. The molecule has 2 nitrogen and oxygen atoms in total. The Morgan fingerprint density at radius 3 is 2.53 bits per heavy atom. The van der Waals surface area contributed by atoms with Crippen molar-refractivity contribution in [3.8, 4) is 0 Å². The van der Waals surface area contributed by atoms with Gasteiger partial charge in [0.1, 0.15) is 0 Å². The largest absolute Gasteiger partial charge is 0.390 e. The molecule has 0 aromatic heterocycles. The smallest absolute Gasteiger partial charge is 0.0657 e. The van der Waals surface area contributed by atoms with Crippen LogP contribution in [0, 0.1) is 40.4 Å². The van der Waals surface area contributed by atoms with Gasteiger partial charge < -0.3 is 10.2 Å². The lowest BCUT2D eigenvalue weighted by Gasteiger charge is -2.52. The van der Waals surface area contributed by atoms with Gasteiger partial charge in [0.05, 0.1) is 11.2 Å². The predicted molar refractivity (Wildman–Crippen MR) is 134 cm³/mol.